The molecule has 1 N–H and O–H groups in total. The molecule has 4 nitrogen and oxygen atoms in total. The molecule has 2 rings (SSSR count). The van der Waals surface area contributed by atoms with Crippen molar-refractivity contribution in [2.45, 2.75) is 33.7 Å². The number of carbonyl (C=O) groups is 1. The fourth-order valence-electron chi connectivity index (χ4n) is 1.97. The van der Waals surface area contributed by atoms with Gasteiger partial charge in [0.2, 0.25) is 0 Å². The predicted molar refractivity (Wildman–Crippen MR) is 82.1 cm³/mol. The van der Waals surface area contributed by atoms with E-state index in [-0.39, 0.29) is 11.9 Å². The third-order valence-corrected chi connectivity index (χ3v) is 4.71. The molecule has 0 aliphatic rings. The first kappa shape index (κ1) is 14.3. The van der Waals surface area contributed by atoms with Crippen LogP contribution in [0.2, 0.25) is 0 Å². The predicted octanol–water partition coefficient (Wildman–Crippen LogP) is 4.16. The zero-order chi connectivity index (χ0) is 14.2. The minimum Gasteiger partial charge on any atom is -0.318 e. The Morgan fingerprint density at radius 1 is 1.47 bits per heavy atom. The van der Waals surface area contributed by atoms with E-state index in [4.69, 9.17) is 0 Å². The molecule has 2 aromatic heterocycles. The largest absolute Gasteiger partial charge is 0.318 e. The number of hydrogen-bond donors (Lipinski definition) is 1. The Morgan fingerprint density at radius 2 is 2.16 bits per heavy atom. The summed E-state index contributed by atoms with van der Waals surface area (Å²) in [5, 5.41) is 9.30. The molecule has 102 valence electrons. The first-order chi connectivity index (χ1) is 8.91. The Labute approximate surface area is 125 Å². The lowest BCUT2D eigenvalue weighted by atomic mass is 10.3. The standard InChI is InChI=1S/C13H16BrN3OS/c1-7(2)17-9(4)11(8(3)16-17)15-13(18)12-10(14)5-6-19-12/h5-7H,1-4H3,(H,15,18). The number of thiophene rings is 1. The molecule has 0 saturated carbocycles. The molecule has 19 heavy (non-hydrogen) atoms. The minimum atomic E-state index is -0.101. The number of amides is 1. The molecule has 0 atom stereocenters. The molecule has 0 saturated heterocycles. The highest BCUT2D eigenvalue weighted by Gasteiger charge is 2.18. The van der Waals surface area contributed by atoms with E-state index in [0.29, 0.717) is 4.88 Å². The summed E-state index contributed by atoms with van der Waals surface area (Å²) in [5.74, 6) is -0.101. The number of aryl methyl sites for hydroxylation is 1. The number of nitrogens with one attached hydrogen (secondary N) is 1. The van der Waals surface area contributed by atoms with Gasteiger partial charge >= 0.3 is 0 Å². The topological polar surface area (TPSA) is 46.9 Å². The van der Waals surface area contributed by atoms with Gasteiger partial charge in [0.1, 0.15) is 4.88 Å². The third-order valence-electron chi connectivity index (χ3n) is 2.88. The quantitative estimate of drug-likeness (QED) is 0.911. The van der Waals surface area contributed by atoms with Gasteiger partial charge in [-0.3, -0.25) is 9.48 Å². The lowest BCUT2D eigenvalue weighted by Crippen LogP contribution is -2.12. The molecule has 2 aromatic rings. The van der Waals surface area contributed by atoms with Crippen molar-refractivity contribution in [3.63, 3.8) is 0 Å². The second-order valence-corrected chi connectivity index (χ2v) is 6.41. The molecule has 0 unspecified atom stereocenters. The smallest absolute Gasteiger partial charge is 0.266 e. The summed E-state index contributed by atoms with van der Waals surface area (Å²) in [5.41, 5.74) is 2.62. The number of aromatic nitrogens is 2. The maximum atomic E-state index is 12.2. The average molecular weight is 342 g/mol. The van der Waals surface area contributed by atoms with Crippen LogP contribution in [-0.4, -0.2) is 15.7 Å². The van der Waals surface area contributed by atoms with Crippen molar-refractivity contribution in [1.82, 2.24) is 9.78 Å². The summed E-state index contributed by atoms with van der Waals surface area (Å²) in [6.45, 7) is 8.02. The highest BCUT2D eigenvalue weighted by atomic mass is 79.9. The number of hydrogen-bond acceptors (Lipinski definition) is 3. The van der Waals surface area contributed by atoms with Crippen molar-refractivity contribution in [2.24, 2.45) is 0 Å². The van der Waals surface area contributed by atoms with Gasteiger partial charge in [0.05, 0.1) is 17.1 Å². The monoisotopic (exact) mass is 341 g/mol. The van der Waals surface area contributed by atoms with Crippen LogP contribution >= 0.6 is 27.3 Å². The van der Waals surface area contributed by atoms with Gasteiger partial charge in [-0.05, 0) is 55.1 Å². The SMILES string of the molecule is Cc1nn(C(C)C)c(C)c1NC(=O)c1sccc1Br. The van der Waals surface area contributed by atoms with Gasteiger partial charge in [-0.1, -0.05) is 0 Å². The van der Waals surface area contributed by atoms with Crippen molar-refractivity contribution in [2.75, 3.05) is 5.32 Å². The van der Waals surface area contributed by atoms with Gasteiger partial charge in [-0.2, -0.15) is 5.10 Å². The maximum Gasteiger partial charge on any atom is 0.266 e. The van der Waals surface area contributed by atoms with Crippen LogP contribution in [0.5, 0.6) is 0 Å². The van der Waals surface area contributed by atoms with E-state index < -0.39 is 0 Å². The normalized spacial score (nSPS) is 11.1. The summed E-state index contributed by atoms with van der Waals surface area (Å²) >= 11 is 4.79. The Balaban J connectivity index is 2.30. The molecule has 0 radical (unpaired) electrons. The van der Waals surface area contributed by atoms with E-state index in [0.717, 1.165) is 21.5 Å². The third kappa shape index (κ3) is 2.74. The van der Waals surface area contributed by atoms with E-state index in [1.54, 1.807) is 0 Å². The van der Waals surface area contributed by atoms with Crippen molar-refractivity contribution in [3.05, 3.63) is 32.2 Å². The summed E-state index contributed by atoms with van der Waals surface area (Å²) in [4.78, 5) is 12.9. The van der Waals surface area contributed by atoms with Crippen LogP contribution in [0, 0.1) is 13.8 Å². The average Bonchev–Trinajstić information content (AvgIpc) is 2.87. The molecule has 0 fully saturated rings. The summed E-state index contributed by atoms with van der Waals surface area (Å²) < 4.78 is 2.75. The van der Waals surface area contributed by atoms with Crippen LogP contribution in [0.25, 0.3) is 0 Å². The van der Waals surface area contributed by atoms with Crippen LogP contribution in [0.4, 0.5) is 5.69 Å². The molecule has 0 bridgehead atoms. The number of halogens is 1. The van der Waals surface area contributed by atoms with E-state index in [2.05, 4.69) is 40.2 Å². The van der Waals surface area contributed by atoms with Crippen molar-refractivity contribution >= 4 is 38.9 Å². The maximum absolute atomic E-state index is 12.2. The summed E-state index contributed by atoms with van der Waals surface area (Å²) in [6, 6.07) is 2.15. The fourth-order valence-corrected chi connectivity index (χ4v) is 3.42. The van der Waals surface area contributed by atoms with E-state index in [1.807, 2.05) is 30.0 Å². The van der Waals surface area contributed by atoms with Gasteiger partial charge < -0.3 is 5.32 Å². The molecule has 6 heteroatoms. The van der Waals surface area contributed by atoms with Gasteiger partial charge in [0, 0.05) is 10.5 Å². The lowest BCUT2D eigenvalue weighted by molar-refractivity contribution is 0.102. The molecule has 2 heterocycles. The van der Waals surface area contributed by atoms with E-state index >= 15 is 0 Å². The Hall–Kier alpha value is -1.14. The highest BCUT2D eigenvalue weighted by molar-refractivity contribution is 9.10. The molecule has 1 amide bonds. The molecule has 0 aliphatic carbocycles. The minimum absolute atomic E-state index is 0.101. The first-order valence-corrected chi connectivity index (χ1v) is 7.69. The second kappa shape index (κ2) is 5.46. The van der Waals surface area contributed by atoms with Crippen LogP contribution in [0.3, 0.4) is 0 Å². The van der Waals surface area contributed by atoms with Gasteiger partial charge in [0.25, 0.3) is 5.91 Å². The number of rotatable bonds is 3. The molecule has 0 spiro atoms. The molecular weight excluding hydrogens is 326 g/mol. The van der Waals surface area contributed by atoms with Gasteiger partial charge in [-0.25, -0.2) is 0 Å². The van der Waals surface area contributed by atoms with Crippen LogP contribution in [0.1, 0.15) is 40.9 Å². The highest BCUT2D eigenvalue weighted by Crippen LogP contribution is 2.26. The van der Waals surface area contributed by atoms with Crippen LogP contribution in [-0.2, 0) is 0 Å². The molecular formula is C13H16BrN3OS. The van der Waals surface area contributed by atoms with Gasteiger partial charge in [-0.15, -0.1) is 11.3 Å². The summed E-state index contributed by atoms with van der Waals surface area (Å²) in [6.07, 6.45) is 0. The first-order valence-electron chi connectivity index (χ1n) is 6.02. The van der Waals surface area contributed by atoms with E-state index in [1.165, 1.54) is 11.3 Å². The van der Waals surface area contributed by atoms with E-state index in [9.17, 15) is 4.79 Å². The second-order valence-electron chi connectivity index (χ2n) is 4.64. The number of anilines is 1. The molecule has 0 aliphatic heterocycles. The zero-order valence-electron chi connectivity index (χ0n) is 11.3. The molecule has 0 aromatic carbocycles. The van der Waals surface area contributed by atoms with Gasteiger partial charge in [0.15, 0.2) is 0 Å². The Kier molecular flexibility index (Phi) is 4.10. The van der Waals surface area contributed by atoms with Crippen molar-refractivity contribution in [3.8, 4) is 0 Å². The van der Waals surface area contributed by atoms with Crippen LogP contribution in [0.15, 0.2) is 15.9 Å². The Morgan fingerprint density at radius 3 is 2.63 bits per heavy atom. The van der Waals surface area contributed by atoms with Crippen molar-refractivity contribution < 1.29 is 4.79 Å². The van der Waals surface area contributed by atoms with Crippen molar-refractivity contribution in [1.29, 1.82) is 0 Å². The van der Waals surface area contributed by atoms with Crippen LogP contribution < -0.4 is 5.32 Å². The number of carbonyl (C=O) groups excluding carboxylic acids is 1. The lowest BCUT2D eigenvalue weighted by Gasteiger charge is -2.09. The Bertz CT molecular complexity index is 615. The number of nitrogens with zero attached hydrogens (tertiary/aromatic N) is 2. The summed E-state index contributed by atoms with van der Waals surface area (Å²) in [7, 11) is 0. The zero-order valence-corrected chi connectivity index (χ0v) is 13.7. The fraction of sp³-hybridized carbons (Fsp3) is 0.385.